The summed E-state index contributed by atoms with van der Waals surface area (Å²) in [4.78, 5) is 6.35. The summed E-state index contributed by atoms with van der Waals surface area (Å²) in [6, 6.07) is 3.78. The topological polar surface area (TPSA) is 43.2 Å². The molecule has 3 heterocycles. The smallest absolute Gasteiger partial charge is 0.380 e. The zero-order valence-electron chi connectivity index (χ0n) is 17.5. The summed E-state index contributed by atoms with van der Waals surface area (Å²) in [6.07, 6.45) is 2.23. The van der Waals surface area contributed by atoms with Crippen LogP contribution < -0.4 is 0 Å². The van der Waals surface area contributed by atoms with Gasteiger partial charge in [0, 0.05) is 61.3 Å². The van der Waals surface area contributed by atoms with Crippen LogP contribution in [0.5, 0.6) is 0 Å². The van der Waals surface area contributed by atoms with Crippen molar-refractivity contribution in [2.75, 3.05) is 26.3 Å². The fourth-order valence-corrected chi connectivity index (χ4v) is 4.69. The first-order valence-electron chi connectivity index (χ1n) is 10.8. The standard InChI is InChI=1S/C22H29F3N4O/c1-15(2)29-21(16-4-5-19(11-16)28-6-3-8-30-9-7-28)12-20(27-29)17-10-18(14-26-13-17)22(23,24)25/h10,12-16,19H,3-9,11H2,1-2H3/t16-,19+/m0/s1. The maximum absolute atomic E-state index is 13.1. The minimum Gasteiger partial charge on any atom is -0.380 e. The molecule has 1 aliphatic heterocycles. The van der Waals surface area contributed by atoms with Gasteiger partial charge in [0.05, 0.1) is 17.9 Å². The number of pyridine rings is 1. The van der Waals surface area contributed by atoms with E-state index < -0.39 is 11.7 Å². The molecule has 0 spiro atoms. The minimum atomic E-state index is -4.41. The van der Waals surface area contributed by atoms with Gasteiger partial charge < -0.3 is 4.74 Å². The van der Waals surface area contributed by atoms with Crippen LogP contribution in [0.25, 0.3) is 11.3 Å². The normalized spacial score (nSPS) is 23.8. The molecule has 4 rings (SSSR count). The molecule has 2 aromatic heterocycles. The average Bonchev–Trinajstić information content (AvgIpc) is 3.28. The molecule has 0 radical (unpaired) electrons. The van der Waals surface area contributed by atoms with E-state index in [1.54, 1.807) is 0 Å². The maximum atomic E-state index is 13.1. The van der Waals surface area contributed by atoms with Gasteiger partial charge in [-0.15, -0.1) is 0 Å². The summed E-state index contributed by atoms with van der Waals surface area (Å²) in [5, 5.41) is 4.68. The third-order valence-electron chi connectivity index (χ3n) is 6.21. The van der Waals surface area contributed by atoms with E-state index >= 15 is 0 Å². The fourth-order valence-electron chi connectivity index (χ4n) is 4.69. The molecule has 0 amide bonds. The van der Waals surface area contributed by atoms with Gasteiger partial charge in [0.25, 0.3) is 0 Å². The van der Waals surface area contributed by atoms with Gasteiger partial charge in [-0.05, 0) is 51.7 Å². The Kier molecular flexibility index (Phi) is 6.16. The van der Waals surface area contributed by atoms with Crippen LogP contribution in [-0.4, -0.2) is 52.0 Å². The number of alkyl halides is 3. The van der Waals surface area contributed by atoms with Gasteiger partial charge in [-0.25, -0.2) is 0 Å². The van der Waals surface area contributed by atoms with Crippen molar-refractivity contribution >= 4 is 0 Å². The number of aromatic nitrogens is 3. The molecule has 0 unspecified atom stereocenters. The summed E-state index contributed by atoms with van der Waals surface area (Å²) in [5.41, 5.74) is 1.34. The number of hydrogen-bond acceptors (Lipinski definition) is 4. The lowest BCUT2D eigenvalue weighted by Crippen LogP contribution is -2.35. The lowest BCUT2D eigenvalue weighted by Gasteiger charge is -2.27. The van der Waals surface area contributed by atoms with Crippen LogP contribution >= 0.6 is 0 Å². The summed E-state index contributed by atoms with van der Waals surface area (Å²) in [6.45, 7) is 7.79. The molecule has 2 atom stereocenters. The van der Waals surface area contributed by atoms with Crippen molar-refractivity contribution in [3.8, 4) is 11.3 Å². The average molecular weight is 422 g/mol. The third kappa shape index (κ3) is 4.54. The molecule has 0 aromatic carbocycles. The monoisotopic (exact) mass is 422 g/mol. The van der Waals surface area contributed by atoms with Crippen LogP contribution in [0.2, 0.25) is 0 Å². The summed E-state index contributed by atoms with van der Waals surface area (Å²) < 4.78 is 46.9. The molecule has 2 aliphatic rings. The lowest BCUT2D eigenvalue weighted by molar-refractivity contribution is -0.137. The predicted molar refractivity (Wildman–Crippen MR) is 108 cm³/mol. The van der Waals surface area contributed by atoms with E-state index in [0.29, 0.717) is 23.2 Å². The first-order chi connectivity index (χ1) is 14.3. The highest BCUT2D eigenvalue weighted by Gasteiger charge is 2.34. The first kappa shape index (κ1) is 21.3. The zero-order chi connectivity index (χ0) is 21.3. The molecule has 1 aliphatic carbocycles. The highest BCUT2D eigenvalue weighted by Crippen LogP contribution is 2.40. The van der Waals surface area contributed by atoms with E-state index in [1.807, 2.05) is 10.7 Å². The van der Waals surface area contributed by atoms with Crippen molar-refractivity contribution in [1.82, 2.24) is 19.7 Å². The van der Waals surface area contributed by atoms with Crippen molar-refractivity contribution in [1.29, 1.82) is 0 Å². The van der Waals surface area contributed by atoms with Gasteiger partial charge in [-0.3, -0.25) is 14.6 Å². The van der Waals surface area contributed by atoms with Crippen molar-refractivity contribution in [2.24, 2.45) is 0 Å². The Balaban J connectivity index is 1.58. The van der Waals surface area contributed by atoms with E-state index in [9.17, 15) is 13.2 Å². The van der Waals surface area contributed by atoms with Crippen LogP contribution in [0.4, 0.5) is 13.2 Å². The Morgan fingerprint density at radius 3 is 2.70 bits per heavy atom. The number of nitrogens with zero attached hydrogens (tertiary/aromatic N) is 4. The molecule has 2 fully saturated rings. The Hall–Kier alpha value is -1.93. The fraction of sp³-hybridized carbons (Fsp3) is 0.636. The van der Waals surface area contributed by atoms with Crippen LogP contribution in [0, 0.1) is 0 Å². The zero-order valence-corrected chi connectivity index (χ0v) is 17.5. The summed E-state index contributed by atoms with van der Waals surface area (Å²) in [7, 11) is 0. The highest BCUT2D eigenvalue weighted by atomic mass is 19.4. The van der Waals surface area contributed by atoms with E-state index in [-0.39, 0.29) is 6.04 Å². The second kappa shape index (κ2) is 8.67. The molecule has 5 nitrogen and oxygen atoms in total. The number of halogens is 3. The lowest BCUT2D eigenvalue weighted by atomic mass is 10.0. The van der Waals surface area contributed by atoms with Crippen molar-refractivity contribution in [3.05, 3.63) is 35.8 Å². The van der Waals surface area contributed by atoms with Crippen LogP contribution in [0.3, 0.4) is 0 Å². The Bertz CT molecular complexity index is 856. The molecule has 2 aromatic rings. The predicted octanol–water partition coefficient (Wildman–Crippen LogP) is 4.90. The Labute approximate surface area is 175 Å². The molecular weight excluding hydrogens is 393 g/mol. The highest BCUT2D eigenvalue weighted by molar-refractivity contribution is 5.59. The van der Waals surface area contributed by atoms with E-state index in [4.69, 9.17) is 4.74 Å². The minimum absolute atomic E-state index is 0.137. The van der Waals surface area contributed by atoms with E-state index in [0.717, 1.165) is 69.9 Å². The number of ether oxygens (including phenoxy) is 1. The molecule has 0 N–H and O–H groups in total. The van der Waals surface area contributed by atoms with E-state index in [2.05, 4.69) is 28.8 Å². The van der Waals surface area contributed by atoms with Crippen LogP contribution in [0.15, 0.2) is 24.5 Å². The molecule has 30 heavy (non-hydrogen) atoms. The van der Waals surface area contributed by atoms with Gasteiger partial charge in [-0.1, -0.05) is 0 Å². The van der Waals surface area contributed by atoms with Gasteiger partial charge in [0.1, 0.15) is 0 Å². The van der Waals surface area contributed by atoms with Crippen LogP contribution in [0.1, 0.15) is 62.7 Å². The SMILES string of the molecule is CC(C)n1nc(-c2cncc(C(F)(F)F)c2)cc1[C@H]1CC[C@@H](N2CCCOCC2)C1. The van der Waals surface area contributed by atoms with Gasteiger partial charge in [-0.2, -0.15) is 18.3 Å². The van der Waals surface area contributed by atoms with Gasteiger partial charge in [0.15, 0.2) is 0 Å². The first-order valence-corrected chi connectivity index (χ1v) is 10.8. The molecule has 164 valence electrons. The Morgan fingerprint density at radius 1 is 1.10 bits per heavy atom. The van der Waals surface area contributed by atoms with Crippen LogP contribution in [-0.2, 0) is 10.9 Å². The molecule has 1 saturated heterocycles. The second-order valence-electron chi connectivity index (χ2n) is 8.62. The molecule has 0 bridgehead atoms. The second-order valence-corrected chi connectivity index (χ2v) is 8.62. The van der Waals surface area contributed by atoms with Crippen molar-refractivity contribution < 1.29 is 17.9 Å². The Morgan fingerprint density at radius 2 is 1.93 bits per heavy atom. The largest absolute Gasteiger partial charge is 0.417 e. The van der Waals surface area contributed by atoms with Gasteiger partial charge >= 0.3 is 6.18 Å². The molecule has 1 saturated carbocycles. The number of hydrogen-bond donors (Lipinski definition) is 0. The van der Waals surface area contributed by atoms with Crippen molar-refractivity contribution in [2.45, 2.75) is 63.7 Å². The van der Waals surface area contributed by atoms with Crippen molar-refractivity contribution in [3.63, 3.8) is 0 Å². The summed E-state index contributed by atoms with van der Waals surface area (Å²) >= 11 is 0. The third-order valence-corrected chi connectivity index (χ3v) is 6.21. The number of rotatable bonds is 4. The summed E-state index contributed by atoms with van der Waals surface area (Å²) in [5.74, 6) is 0.363. The molecular formula is C22H29F3N4O. The molecule has 8 heteroatoms. The maximum Gasteiger partial charge on any atom is 0.417 e. The van der Waals surface area contributed by atoms with E-state index in [1.165, 1.54) is 6.20 Å². The van der Waals surface area contributed by atoms with Gasteiger partial charge in [0.2, 0.25) is 0 Å². The quantitative estimate of drug-likeness (QED) is 0.703.